The maximum atomic E-state index is 12.9. The first-order valence-corrected chi connectivity index (χ1v) is 7.23. The molecule has 0 aliphatic rings. The van der Waals surface area contributed by atoms with E-state index < -0.39 is 11.7 Å². The van der Waals surface area contributed by atoms with E-state index in [1.165, 1.54) is 6.20 Å². The van der Waals surface area contributed by atoms with Gasteiger partial charge in [0.15, 0.2) is 0 Å². The van der Waals surface area contributed by atoms with Crippen molar-refractivity contribution in [2.24, 2.45) is 5.92 Å². The van der Waals surface area contributed by atoms with Crippen molar-refractivity contribution < 1.29 is 13.2 Å². The number of pyridine rings is 1. The lowest BCUT2D eigenvalue weighted by Crippen LogP contribution is -2.18. The fraction of sp³-hybridized carbons (Fsp3) is 0.583. The van der Waals surface area contributed by atoms with Crippen LogP contribution in [0, 0.1) is 5.92 Å². The van der Waals surface area contributed by atoms with Gasteiger partial charge in [-0.1, -0.05) is 13.3 Å². The summed E-state index contributed by atoms with van der Waals surface area (Å²) in [5.41, 5.74) is -0.761. The summed E-state index contributed by atoms with van der Waals surface area (Å²) >= 11 is 8.65. The second-order valence-electron chi connectivity index (χ2n) is 4.18. The number of hydrogen-bond donors (Lipinski definition) is 1. The molecule has 1 unspecified atom stereocenters. The van der Waals surface area contributed by atoms with Crippen LogP contribution in [0.15, 0.2) is 16.7 Å². The smallest absolute Gasteiger partial charge is 0.369 e. The predicted octanol–water partition coefficient (Wildman–Crippen LogP) is 4.93. The molecule has 1 aromatic heterocycles. The van der Waals surface area contributed by atoms with Gasteiger partial charge in [-0.3, -0.25) is 0 Å². The first kappa shape index (κ1) is 16.6. The van der Waals surface area contributed by atoms with Gasteiger partial charge in [-0.15, -0.1) is 11.6 Å². The molecule has 2 nitrogen and oxygen atoms in total. The molecule has 0 aliphatic carbocycles. The molecule has 0 saturated heterocycles. The van der Waals surface area contributed by atoms with Crippen molar-refractivity contribution in [2.75, 3.05) is 17.7 Å². The number of nitrogens with one attached hydrogen (secondary N) is 1. The topological polar surface area (TPSA) is 24.9 Å². The molecule has 108 valence electrons. The van der Waals surface area contributed by atoms with Gasteiger partial charge in [0.2, 0.25) is 0 Å². The minimum Gasteiger partial charge on any atom is -0.369 e. The van der Waals surface area contributed by atoms with E-state index in [0.717, 1.165) is 18.9 Å². The SMILES string of the molecule is CCC(CCCl)CNc1ncc(Br)cc1C(F)(F)F. The lowest BCUT2D eigenvalue weighted by molar-refractivity contribution is -0.137. The highest BCUT2D eigenvalue weighted by atomic mass is 79.9. The van der Waals surface area contributed by atoms with Gasteiger partial charge in [-0.25, -0.2) is 4.98 Å². The molecule has 1 atom stereocenters. The maximum absolute atomic E-state index is 12.9. The zero-order valence-electron chi connectivity index (χ0n) is 10.4. The Morgan fingerprint density at radius 3 is 2.68 bits per heavy atom. The normalized spacial score (nSPS) is 13.4. The van der Waals surface area contributed by atoms with E-state index in [1.807, 2.05) is 6.92 Å². The minimum atomic E-state index is -4.42. The standard InChI is InChI=1S/C12H15BrClF3N2/c1-2-8(3-4-14)6-18-11-10(12(15,16)17)5-9(13)7-19-11/h5,7-8H,2-4,6H2,1H3,(H,18,19). The third kappa shape index (κ3) is 5.18. The monoisotopic (exact) mass is 358 g/mol. The summed E-state index contributed by atoms with van der Waals surface area (Å²) in [5.74, 6) is 0.604. The third-order valence-corrected chi connectivity index (χ3v) is 3.46. The average Bonchev–Trinajstić information content (AvgIpc) is 2.34. The van der Waals surface area contributed by atoms with Gasteiger partial charge in [-0.2, -0.15) is 13.2 Å². The molecule has 1 rings (SSSR count). The van der Waals surface area contributed by atoms with Crippen LogP contribution in [0.3, 0.4) is 0 Å². The lowest BCUT2D eigenvalue weighted by Gasteiger charge is -2.18. The molecular formula is C12H15BrClF3N2. The average molecular weight is 360 g/mol. The summed E-state index contributed by atoms with van der Waals surface area (Å²) in [6.07, 6.45) is -1.45. The highest BCUT2D eigenvalue weighted by molar-refractivity contribution is 9.10. The Kier molecular flexibility index (Phi) is 6.39. The Hall–Kier alpha value is -0.490. The summed E-state index contributed by atoms with van der Waals surface area (Å²) in [7, 11) is 0. The van der Waals surface area contributed by atoms with E-state index in [9.17, 15) is 13.2 Å². The van der Waals surface area contributed by atoms with Gasteiger partial charge in [0, 0.05) is 23.1 Å². The van der Waals surface area contributed by atoms with Gasteiger partial charge < -0.3 is 5.32 Å². The van der Waals surface area contributed by atoms with Gasteiger partial charge in [0.05, 0.1) is 5.56 Å². The Morgan fingerprint density at radius 1 is 1.47 bits per heavy atom. The highest BCUT2D eigenvalue weighted by Gasteiger charge is 2.34. The molecule has 0 saturated carbocycles. The second kappa shape index (κ2) is 7.33. The van der Waals surface area contributed by atoms with E-state index in [4.69, 9.17) is 11.6 Å². The number of rotatable bonds is 6. The summed E-state index contributed by atoms with van der Waals surface area (Å²) in [5, 5.41) is 2.77. The van der Waals surface area contributed by atoms with Gasteiger partial charge >= 0.3 is 6.18 Å². The van der Waals surface area contributed by atoms with Crippen molar-refractivity contribution in [3.05, 3.63) is 22.3 Å². The fourth-order valence-electron chi connectivity index (χ4n) is 1.64. The van der Waals surface area contributed by atoms with Crippen LogP contribution in [0.2, 0.25) is 0 Å². The van der Waals surface area contributed by atoms with Crippen molar-refractivity contribution >= 4 is 33.3 Å². The Morgan fingerprint density at radius 2 is 2.16 bits per heavy atom. The number of anilines is 1. The molecule has 0 radical (unpaired) electrons. The van der Waals surface area contributed by atoms with Crippen molar-refractivity contribution in [2.45, 2.75) is 25.9 Å². The van der Waals surface area contributed by atoms with Gasteiger partial charge in [0.25, 0.3) is 0 Å². The number of nitrogens with zero attached hydrogens (tertiary/aromatic N) is 1. The number of aromatic nitrogens is 1. The molecular weight excluding hydrogens is 344 g/mol. The van der Waals surface area contributed by atoms with Crippen LogP contribution < -0.4 is 5.32 Å². The molecule has 0 bridgehead atoms. The fourth-order valence-corrected chi connectivity index (χ4v) is 2.28. The number of hydrogen-bond acceptors (Lipinski definition) is 2. The minimum absolute atomic E-state index is 0.135. The molecule has 7 heteroatoms. The van der Waals surface area contributed by atoms with Crippen LogP contribution in [-0.4, -0.2) is 17.4 Å². The van der Waals surface area contributed by atoms with E-state index in [0.29, 0.717) is 16.9 Å². The van der Waals surface area contributed by atoms with Crippen LogP contribution in [0.25, 0.3) is 0 Å². The van der Waals surface area contributed by atoms with Crippen LogP contribution in [0.5, 0.6) is 0 Å². The van der Waals surface area contributed by atoms with Crippen LogP contribution >= 0.6 is 27.5 Å². The van der Waals surface area contributed by atoms with Crippen molar-refractivity contribution in [3.8, 4) is 0 Å². The van der Waals surface area contributed by atoms with Gasteiger partial charge in [0.1, 0.15) is 5.82 Å². The first-order chi connectivity index (χ1) is 8.88. The molecule has 0 fully saturated rings. The second-order valence-corrected chi connectivity index (χ2v) is 5.47. The molecule has 0 amide bonds. The molecule has 19 heavy (non-hydrogen) atoms. The molecule has 0 aliphatic heterocycles. The Bertz CT molecular complexity index is 412. The summed E-state index contributed by atoms with van der Waals surface area (Å²) in [4.78, 5) is 3.80. The molecule has 1 aromatic rings. The molecule has 1 heterocycles. The van der Waals surface area contributed by atoms with Gasteiger partial charge in [-0.05, 0) is 34.3 Å². The summed E-state index contributed by atoms with van der Waals surface area (Å²) in [6.45, 7) is 2.42. The van der Waals surface area contributed by atoms with Crippen LogP contribution in [-0.2, 0) is 6.18 Å². The van der Waals surface area contributed by atoms with E-state index in [1.54, 1.807) is 0 Å². The van der Waals surface area contributed by atoms with Crippen molar-refractivity contribution in [1.82, 2.24) is 4.98 Å². The summed E-state index contributed by atoms with van der Waals surface area (Å²) in [6, 6.07) is 1.03. The predicted molar refractivity (Wildman–Crippen MR) is 74.5 cm³/mol. The third-order valence-electron chi connectivity index (χ3n) is 2.81. The van der Waals surface area contributed by atoms with Crippen molar-refractivity contribution in [3.63, 3.8) is 0 Å². The maximum Gasteiger partial charge on any atom is 0.419 e. The summed E-state index contributed by atoms with van der Waals surface area (Å²) < 4.78 is 38.9. The Balaban J connectivity index is 2.83. The first-order valence-electron chi connectivity index (χ1n) is 5.91. The van der Waals surface area contributed by atoms with Crippen molar-refractivity contribution in [1.29, 1.82) is 0 Å². The molecule has 0 spiro atoms. The lowest BCUT2D eigenvalue weighted by atomic mass is 10.0. The molecule has 1 N–H and O–H groups in total. The number of halogens is 5. The van der Waals surface area contributed by atoms with Crippen LogP contribution in [0.4, 0.5) is 19.0 Å². The highest BCUT2D eigenvalue weighted by Crippen LogP contribution is 2.35. The van der Waals surface area contributed by atoms with Crippen LogP contribution in [0.1, 0.15) is 25.3 Å². The van der Waals surface area contributed by atoms with E-state index >= 15 is 0 Å². The largest absolute Gasteiger partial charge is 0.419 e. The zero-order valence-corrected chi connectivity index (χ0v) is 12.7. The van der Waals surface area contributed by atoms with E-state index in [-0.39, 0.29) is 11.7 Å². The quantitative estimate of drug-likeness (QED) is 0.729. The molecule has 0 aromatic carbocycles. The Labute approximate surface area is 123 Å². The number of alkyl halides is 4. The van der Waals surface area contributed by atoms with E-state index in [2.05, 4.69) is 26.2 Å². The zero-order chi connectivity index (χ0) is 14.5.